The highest BCUT2D eigenvalue weighted by Gasteiger charge is 2.33. The van der Waals surface area contributed by atoms with Crippen molar-refractivity contribution >= 4 is 38.1 Å². The van der Waals surface area contributed by atoms with Crippen molar-refractivity contribution in [2.75, 3.05) is 16.2 Å². The Morgan fingerprint density at radius 1 is 1.15 bits per heavy atom. The topological polar surface area (TPSA) is 92.3 Å². The van der Waals surface area contributed by atoms with Crippen molar-refractivity contribution in [3.05, 3.63) is 65.2 Å². The van der Waals surface area contributed by atoms with E-state index in [0.29, 0.717) is 24.2 Å². The molecule has 1 aliphatic rings. The second-order valence-corrected chi connectivity index (χ2v) is 9.17. The van der Waals surface area contributed by atoms with Gasteiger partial charge in [0.05, 0.1) is 5.69 Å². The van der Waals surface area contributed by atoms with Gasteiger partial charge in [-0.2, -0.15) is 8.42 Å². The fourth-order valence-electron chi connectivity index (χ4n) is 2.97. The predicted octanol–water partition coefficient (Wildman–Crippen LogP) is 2.85. The third kappa shape index (κ3) is 3.31. The van der Waals surface area contributed by atoms with Crippen molar-refractivity contribution in [2.45, 2.75) is 17.7 Å². The number of aryl methyl sites for hydroxylation is 1. The predicted molar refractivity (Wildman–Crippen MR) is 104 cm³/mol. The van der Waals surface area contributed by atoms with E-state index in [4.69, 9.17) is 0 Å². The van der Waals surface area contributed by atoms with Gasteiger partial charge in [0.1, 0.15) is 0 Å². The van der Waals surface area contributed by atoms with Crippen LogP contribution in [0.3, 0.4) is 0 Å². The Hall–Kier alpha value is -2.78. The average Bonchev–Trinajstić information content (AvgIpc) is 3.29. The van der Waals surface area contributed by atoms with Gasteiger partial charge in [0.25, 0.3) is 20.3 Å². The van der Waals surface area contributed by atoms with Crippen LogP contribution in [-0.4, -0.2) is 31.1 Å². The Balaban J connectivity index is 1.56. The van der Waals surface area contributed by atoms with Gasteiger partial charge >= 0.3 is 0 Å². The molecule has 2 heterocycles. The van der Waals surface area contributed by atoms with Crippen LogP contribution in [0.2, 0.25) is 0 Å². The molecule has 27 heavy (non-hydrogen) atoms. The number of aromatic nitrogens is 2. The molecule has 9 heteroatoms. The summed E-state index contributed by atoms with van der Waals surface area (Å²) in [5.74, 6) is -0.356. The van der Waals surface area contributed by atoms with Gasteiger partial charge in [-0.3, -0.25) is 14.4 Å². The zero-order chi connectivity index (χ0) is 19.0. The van der Waals surface area contributed by atoms with Gasteiger partial charge in [-0.1, -0.05) is 47.2 Å². The monoisotopic (exact) mass is 400 g/mol. The molecule has 0 fully saturated rings. The molecule has 1 N–H and O–H groups in total. The van der Waals surface area contributed by atoms with Crippen molar-refractivity contribution in [1.29, 1.82) is 0 Å². The number of fused-ring (bicyclic) bond motifs is 1. The fourth-order valence-corrected chi connectivity index (χ4v) is 5.47. The van der Waals surface area contributed by atoms with Crippen molar-refractivity contribution in [3.63, 3.8) is 0 Å². The van der Waals surface area contributed by atoms with Gasteiger partial charge in [-0.25, -0.2) is 0 Å². The van der Waals surface area contributed by atoms with Crippen LogP contribution >= 0.6 is 11.3 Å². The zero-order valence-corrected chi connectivity index (χ0v) is 16.0. The van der Waals surface area contributed by atoms with Gasteiger partial charge in [0, 0.05) is 12.1 Å². The lowest BCUT2D eigenvalue weighted by Gasteiger charge is -2.17. The van der Waals surface area contributed by atoms with E-state index in [1.807, 2.05) is 25.1 Å². The number of amides is 1. The Bertz CT molecular complexity index is 1120. The summed E-state index contributed by atoms with van der Waals surface area (Å²) in [6.45, 7) is 2.26. The van der Waals surface area contributed by atoms with Crippen LogP contribution in [0.4, 0.5) is 10.8 Å². The van der Waals surface area contributed by atoms with E-state index in [0.717, 1.165) is 22.5 Å². The van der Waals surface area contributed by atoms with Crippen LogP contribution in [0.1, 0.15) is 21.5 Å². The molecular weight excluding hydrogens is 384 g/mol. The maximum atomic E-state index is 12.9. The molecule has 0 saturated heterocycles. The molecule has 1 amide bonds. The average molecular weight is 400 g/mol. The van der Waals surface area contributed by atoms with Crippen LogP contribution in [0.5, 0.6) is 0 Å². The molecule has 2 aromatic carbocycles. The molecule has 0 atom stereocenters. The second-order valence-electron chi connectivity index (χ2n) is 6.15. The van der Waals surface area contributed by atoms with Crippen molar-refractivity contribution in [3.8, 4) is 0 Å². The minimum absolute atomic E-state index is 0.140. The standard InChI is InChI=1S/C18H16N4O3S2/c1-12-5-4-7-14(11-12)16(23)19-17-20-21-18(26-17)27(24,25)22-10-9-13-6-2-3-8-15(13)22/h2-8,11H,9-10H2,1H3,(H,19,20,23). The van der Waals surface area contributed by atoms with Gasteiger partial charge in [-0.15, -0.1) is 10.2 Å². The number of para-hydroxylation sites is 1. The van der Waals surface area contributed by atoms with E-state index >= 15 is 0 Å². The zero-order valence-electron chi connectivity index (χ0n) is 14.4. The van der Waals surface area contributed by atoms with Gasteiger partial charge in [0.15, 0.2) is 0 Å². The Kier molecular flexibility index (Phi) is 4.40. The minimum Gasteiger partial charge on any atom is -0.296 e. The number of benzene rings is 2. The summed E-state index contributed by atoms with van der Waals surface area (Å²) >= 11 is 0.845. The number of anilines is 2. The number of carbonyl (C=O) groups is 1. The molecule has 0 unspecified atom stereocenters. The first kappa shape index (κ1) is 17.6. The summed E-state index contributed by atoms with van der Waals surface area (Å²) in [6, 6.07) is 14.5. The number of nitrogens with one attached hydrogen (secondary N) is 1. The van der Waals surface area contributed by atoms with Crippen molar-refractivity contribution in [1.82, 2.24) is 10.2 Å². The summed E-state index contributed by atoms with van der Waals surface area (Å²) < 4.78 is 27.1. The van der Waals surface area contributed by atoms with Gasteiger partial charge < -0.3 is 0 Å². The third-order valence-electron chi connectivity index (χ3n) is 4.26. The first-order valence-corrected chi connectivity index (χ1v) is 10.5. The van der Waals surface area contributed by atoms with Gasteiger partial charge in [0.2, 0.25) is 5.13 Å². The molecule has 0 radical (unpaired) electrons. The summed E-state index contributed by atoms with van der Waals surface area (Å²) in [6.07, 6.45) is 0.658. The molecule has 0 saturated carbocycles. The van der Waals surface area contributed by atoms with E-state index in [1.54, 1.807) is 30.3 Å². The Morgan fingerprint density at radius 3 is 2.78 bits per heavy atom. The molecule has 4 rings (SSSR count). The van der Waals surface area contributed by atoms with E-state index in [1.165, 1.54) is 4.31 Å². The lowest BCUT2D eigenvalue weighted by molar-refractivity contribution is 0.102. The summed E-state index contributed by atoms with van der Waals surface area (Å²) in [5.41, 5.74) is 3.08. The SMILES string of the molecule is Cc1cccc(C(=O)Nc2nnc(S(=O)(=O)N3CCc4ccccc43)s2)c1. The number of sulfonamides is 1. The smallest absolute Gasteiger partial charge is 0.293 e. The lowest BCUT2D eigenvalue weighted by Crippen LogP contribution is -2.29. The van der Waals surface area contributed by atoms with Crippen molar-refractivity contribution in [2.24, 2.45) is 0 Å². The minimum atomic E-state index is -3.81. The van der Waals surface area contributed by atoms with Crippen LogP contribution in [0, 0.1) is 6.92 Å². The third-order valence-corrected chi connectivity index (χ3v) is 7.26. The number of hydrogen-bond acceptors (Lipinski definition) is 6. The Morgan fingerprint density at radius 2 is 1.96 bits per heavy atom. The fraction of sp³-hybridized carbons (Fsp3) is 0.167. The van der Waals surface area contributed by atoms with Crippen molar-refractivity contribution < 1.29 is 13.2 Å². The second kappa shape index (κ2) is 6.75. The molecule has 3 aromatic rings. The largest absolute Gasteiger partial charge is 0.296 e. The van der Waals surface area contributed by atoms with Crippen LogP contribution in [0.15, 0.2) is 52.9 Å². The number of carbonyl (C=O) groups excluding carboxylic acids is 1. The molecule has 138 valence electrons. The maximum absolute atomic E-state index is 12.9. The Labute approximate surface area is 160 Å². The van der Waals surface area contributed by atoms with Crippen LogP contribution in [-0.2, 0) is 16.4 Å². The van der Waals surface area contributed by atoms with E-state index in [2.05, 4.69) is 15.5 Å². The molecular formula is C18H16N4O3S2. The molecule has 0 spiro atoms. The highest BCUT2D eigenvalue weighted by Crippen LogP contribution is 2.34. The lowest BCUT2D eigenvalue weighted by atomic mass is 10.1. The first-order valence-electron chi connectivity index (χ1n) is 8.27. The number of rotatable bonds is 4. The number of hydrogen-bond donors (Lipinski definition) is 1. The number of nitrogens with zero attached hydrogens (tertiary/aromatic N) is 3. The maximum Gasteiger partial charge on any atom is 0.293 e. The molecule has 0 bridgehead atoms. The quantitative estimate of drug-likeness (QED) is 0.680. The molecule has 1 aliphatic heterocycles. The molecule has 7 nitrogen and oxygen atoms in total. The van der Waals surface area contributed by atoms with Crippen LogP contribution in [0.25, 0.3) is 0 Å². The first-order chi connectivity index (χ1) is 12.9. The molecule has 1 aromatic heterocycles. The highest BCUT2D eigenvalue weighted by atomic mass is 32.2. The van der Waals surface area contributed by atoms with E-state index in [-0.39, 0.29) is 15.4 Å². The summed E-state index contributed by atoms with van der Waals surface area (Å²) in [5, 5.41) is 10.4. The molecule has 0 aliphatic carbocycles. The van der Waals surface area contributed by atoms with Gasteiger partial charge in [-0.05, 0) is 37.1 Å². The highest BCUT2D eigenvalue weighted by molar-refractivity contribution is 7.94. The van der Waals surface area contributed by atoms with E-state index < -0.39 is 10.0 Å². The van der Waals surface area contributed by atoms with Crippen LogP contribution < -0.4 is 9.62 Å². The normalized spacial score (nSPS) is 13.4. The van der Waals surface area contributed by atoms with E-state index in [9.17, 15) is 13.2 Å². The summed E-state index contributed by atoms with van der Waals surface area (Å²) in [4.78, 5) is 12.3. The summed E-state index contributed by atoms with van der Waals surface area (Å²) in [7, 11) is -3.81.